The van der Waals surface area contributed by atoms with Crippen molar-refractivity contribution >= 4 is 24.2 Å². The first kappa shape index (κ1) is 26.7. The van der Waals surface area contributed by atoms with E-state index in [4.69, 9.17) is 19.9 Å². The molecule has 0 spiro atoms. The summed E-state index contributed by atoms with van der Waals surface area (Å²) in [6.45, 7) is 6.64. The van der Waals surface area contributed by atoms with Crippen LogP contribution in [0.1, 0.15) is 39.2 Å². The molecule has 0 amide bonds. The van der Waals surface area contributed by atoms with Crippen LogP contribution >= 0.6 is 0 Å². The van der Waals surface area contributed by atoms with Crippen molar-refractivity contribution in [1.29, 1.82) is 0 Å². The molecule has 0 radical (unpaired) electrons. The third-order valence-corrected chi connectivity index (χ3v) is 4.45. The summed E-state index contributed by atoms with van der Waals surface area (Å²) in [7, 11) is 2.18. The molecule has 0 fully saturated rings. The van der Waals surface area contributed by atoms with Gasteiger partial charge in [0.05, 0.1) is 26.2 Å². The number of esters is 1. The van der Waals surface area contributed by atoms with Gasteiger partial charge in [0.15, 0.2) is 11.5 Å². The molecule has 0 aliphatic heterocycles. The minimum Gasteiger partial charge on any atom is -0.480 e. The second kappa shape index (κ2) is 11.3. The highest BCUT2D eigenvalue weighted by Gasteiger charge is 2.33. The van der Waals surface area contributed by atoms with Gasteiger partial charge in [0.25, 0.3) is 0 Å². The van der Waals surface area contributed by atoms with Crippen molar-refractivity contribution in [3.05, 3.63) is 23.8 Å². The number of carboxylic acid groups (broad SMARTS) is 1. The van der Waals surface area contributed by atoms with E-state index in [-0.39, 0.29) is 18.1 Å². The highest BCUT2D eigenvalue weighted by Crippen LogP contribution is 2.36. The molecular formula is C21H29NO10. The predicted molar refractivity (Wildman–Crippen MR) is 110 cm³/mol. The van der Waals surface area contributed by atoms with Gasteiger partial charge in [-0.05, 0) is 44.4 Å². The summed E-state index contributed by atoms with van der Waals surface area (Å²) in [6.07, 6.45) is -2.16. The monoisotopic (exact) mass is 455 g/mol. The molecule has 3 N–H and O–H groups in total. The van der Waals surface area contributed by atoms with E-state index in [9.17, 15) is 24.3 Å². The SMILES string of the molecule is COC(=O)Oc1ccc(C(C(C)COC(=O)C(C)(C)C)[C@H](N)C(=O)O)cc1OC(=O)OC. The second-order valence-electron chi connectivity index (χ2n) is 8.03. The lowest BCUT2D eigenvalue weighted by Crippen LogP contribution is -2.41. The number of aliphatic carboxylic acids is 1. The number of benzene rings is 1. The fraction of sp³-hybridized carbons (Fsp3) is 0.524. The molecule has 11 heteroatoms. The molecule has 0 saturated heterocycles. The zero-order chi connectivity index (χ0) is 24.6. The van der Waals surface area contributed by atoms with Gasteiger partial charge in [-0.2, -0.15) is 0 Å². The van der Waals surface area contributed by atoms with Gasteiger partial charge in [0.1, 0.15) is 6.04 Å². The van der Waals surface area contributed by atoms with Crippen molar-refractivity contribution in [2.75, 3.05) is 20.8 Å². The Balaban J connectivity index is 3.34. The maximum absolute atomic E-state index is 12.1. The Hall–Kier alpha value is -3.34. The Bertz CT molecular complexity index is 845. The summed E-state index contributed by atoms with van der Waals surface area (Å²) in [5.41, 5.74) is 5.53. The number of hydrogen-bond acceptors (Lipinski definition) is 10. The van der Waals surface area contributed by atoms with Gasteiger partial charge >= 0.3 is 24.2 Å². The number of carbonyl (C=O) groups excluding carboxylic acids is 3. The molecule has 11 nitrogen and oxygen atoms in total. The largest absolute Gasteiger partial charge is 0.513 e. The second-order valence-corrected chi connectivity index (χ2v) is 8.03. The van der Waals surface area contributed by atoms with Gasteiger partial charge in [0, 0.05) is 5.92 Å². The Morgan fingerprint density at radius 2 is 1.53 bits per heavy atom. The van der Waals surface area contributed by atoms with Crippen molar-refractivity contribution in [2.45, 2.75) is 39.7 Å². The zero-order valence-electron chi connectivity index (χ0n) is 18.9. The van der Waals surface area contributed by atoms with Gasteiger partial charge in [0.2, 0.25) is 0 Å². The van der Waals surface area contributed by atoms with Crippen LogP contribution in [-0.4, -0.2) is 56.2 Å². The number of carbonyl (C=O) groups is 4. The molecule has 1 aromatic rings. The zero-order valence-corrected chi connectivity index (χ0v) is 18.9. The van der Waals surface area contributed by atoms with Gasteiger partial charge in [-0.1, -0.05) is 13.0 Å². The Labute approximate surface area is 185 Å². The predicted octanol–water partition coefficient (Wildman–Crippen LogP) is 2.70. The average Bonchev–Trinajstić information content (AvgIpc) is 2.72. The maximum atomic E-state index is 12.1. The van der Waals surface area contributed by atoms with E-state index in [1.54, 1.807) is 27.7 Å². The number of ether oxygens (including phenoxy) is 5. The Morgan fingerprint density at radius 3 is 2.00 bits per heavy atom. The molecule has 0 heterocycles. The van der Waals surface area contributed by atoms with Gasteiger partial charge < -0.3 is 34.5 Å². The van der Waals surface area contributed by atoms with Crippen LogP contribution in [0.2, 0.25) is 0 Å². The number of methoxy groups -OCH3 is 2. The molecule has 1 aromatic carbocycles. The molecule has 0 aliphatic rings. The van der Waals surface area contributed by atoms with Gasteiger partial charge in [-0.25, -0.2) is 9.59 Å². The summed E-state index contributed by atoms with van der Waals surface area (Å²) in [5, 5.41) is 9.50. The van der Waals surface area contributed by atoms with E-state index < -0.39 is 47.5 Å². The lowest BCUT2D eigenvalue weighted by molar-refractivity contribution is -0.154. The molecule has 32 heavy (non-hydrogen) atoms. The molecule has 0 aliphatic carbocycles. The average molecular weight is 455 g/mol. The van der Waals surface area contributed by atoms with Crippen LogP contribution < -0.4 is 15.2 Å². The van der Waals surface area contributed by atoms with E-state index in [0.29, 0.717) is 5.56 Å². The highest BCUT2D eigenvalue weighted by atomic mass is 16.7. The summed E-state index contributed by atoms with van der Waals surface area (Å²) in [4.78, 5) is 46.9. The van der Waals surface area contributed by atoms with Crippen molar-refractivity contribution < 1.29 is 48.0 Å². The number of nitrogens with two attached hydrogens (primary N) is 1. The first-order valence-corrected chi connectivity index (χ1v) is 9.63. The Kier molecular flexibility index (Phi) is 9.45. The lowest BCUT2D eigenvalue weighted by Gasteiger charge is -2.29. The fourth-order valence-electron chi connectivity index (χ4n) is 2.73. The van der Waals surface area contributed by atoms with E-state index in [1.165, 1.54) is 18.2 Å². The standard InChI is InChI=1S/C21H29NO10/c1-11(10-30-18(25)21(2,3)4)15(16(22)17(23)24)12-7-8-13(31-19(26)28-5)14(9-12)32-20(27)29-6/h7-9,11,15-16H,10,22H2,1-6H3,(H,23,24)/t11?,15?,16-/m0/s1. The number of rotatable bonds is 8. The van der Waals surface area contributed by atoms with Crippen molar-refractivity contribution in [1.82, 2.24) is 0 Å². The first-order valence-electron chi connectivity index (χ1n) is 9.63. The molecule has 3 atom stereocenters. The van der Waals surface area contributed by atoms with Crippen LogP contribution in [0.5, 0.6) is 11.5 Å². The van der Waals surface area contributed by atoms with Crippen LogP contribution in [0.4, 0.5) is 9.59 Å². The molecule has 178 valence electrons. The van der Waals surface area contributed by atoms with Crippen LogP contribution in [0.3, 0.4) is 0 Å². The van der Waals surface area contributed by atoms with E-state index in [2.05, 4.69) is 9.47 Å². The van der Waals surface area contributed by atoms with Crippen molar-refractivity contribution in [3.63, 3.8) is 0 Å². The molecule has 0 bridgehead atoms. The van der Waals surface area contributed by atoms with Crippen LogP contribution in [0, 0.1) is 11.3 Å². The van der Waals surface area contributed by atoms with E-state index in [1.807, 2.05) is 0 Å². The minimum absolute atomic E-state index is 0.102. The quantitative estimate of drug-likeness (QED) is 0.337. The number of carboxylic acids is 1. The Morgan fingerprint density at radius 1 is 1.00 bits per heavy atom. The molecular weight excluding hydrogens is 426 g/mol. The number of hydrogen-bond donors (Lipinski definition) is 2. The molecule has 0 saturated carbocycles. The highest BCUT2D eigenvalue weighted by molar-refractivity contribution is 5.76. The van der Waals surface area contributed by atoms with Crippen LogP contribution in [0.15, 0.2) is 18.2 Å². The summed E-state index contributed by atoms with van der Waals surface area (Å²) in [6, 6.07) is 2.67. The smallest absolute Gasteiger partial charge is 0.480 e. The summed E-state index contributed by atoms with van der Waals surface area (Å²) >= 11 is 0. The van der Waals surface area contributed by atoms with Gasteiger partial charge in [-0.15, -0.1) is 0 Å². The third-order valence-electron chi connectivity index (χ3n) is 4.45. The normalized spacial score (nSPS) is 13.8. The molecule has 2 unspecified atom stereocenters. The maximum Gasteiger partial charge on any atom is 0.513 e. The van der Waals surface area contributed by atoms with E-state index >= 15 is 0 Å². The van der Waals surface area contributed by atoms with E-state index in [0.717, 1.165) is 14.2 Å². The third kappa shape index (κ3) is 7.41. The first-order chi connectivity index (χ1) is 14.8. The van der Waals surface area contributed by atoms with Gasteiger partial charge in [-0.3, -0.25) is 9.59 Å². The van der Waals surface area contributed by atoms with Crippen molar-refractivity contribution in [3.8, 4) is 11.5 Å². The topological polar surface area (TPSA) is 161 Å². The molecule has 0 aromatic heterocycles. The molecule has 1 rings (SSSR count). The lowest BCUT2D eigenvalue weighted by atomic mass is 9.82. The minimum atomic E-state index is -1.38. The van der Waals surface area contributed by atoms with Crippen molar-refractivity contribution in [2.24, 2.45) is 17.1 Å². The summed E-state index contributed by atoms with van der Waals surface area (Å²) in [5.74, 6) is -3.52. The summed E-state index contributed by atoms with van der Waals surface area (Å²) < 4.78 is 24.2. The van der Waals surface area contributed by atoms with Crippen LogP contribution in [-0.2, 0) is 23.8 Å². The van der Waals surface area contributed by atoms with Crippen LogP contribution in [0.25, 0.3) is 0 Å². The fourth-order valence-corrected chi connectivity index (χ4v) is 2.73.